The fourth-order valence-corrected chi connectivity index (χ4v) is 3.48. The number of aliphatic hydroxyl groups is 2. The Morgan fingerprint density at radius 3 is 2.79 bits per heavy atom. The van der Waals surface area contributed by atoms with E-state index >= 15 is 0 Å². The van der Waals surface area contributed by atoms with Gasteiger partial charge in [0.05, 0.1) is 5.60 Å². The average molecular weight is 196 g/mol. The standard InChI is InChI=1S/C12H20O2/c1-2-12(14)7-6-10-9(8-13)4-3-5-11(10)12/h2,9-11,13-14H,1,3-8H2/t9-,10-,11-,12+/m1/s1. The van der Waals surface area contributed by atoms with E-state index in [0.29, 0.717) is 17.8 Å². The first kappa shape index (κ1) is 10.2. The van der Waals surface area contributed by atoms with Gasteiger partial charge >= 0.3 is 0 Å². The molecule has 0 aromatic rings. The lowest BCUT2D eigenvalue weighted by Gasteiger charge is -2.37. The third-order valence-electron chi connectivity index (χ3n) is 4.32. The lowest BCUT2D eigenvalue weighted by Crippen LogP contribution is -2.38. The van der Waals surface area contributed by atoms with Gasteiger partial charge in [0.2, 0.25) is 0 Å². The predicted molar refractivity (Wildman–Crippen MR) is 55.8 cm³/mol. The Morgan fingerprint density at radius 2 is 2.14 bits per heavy atom. The molecule has 0 aliphatic heterocycles. The SMILES string of the molecule is C=C[C@]1(O)CC[C@@H]2[C@@H](CO)CCC[C@H]21. The van der Waals surface area contributed by atoms with E-state index in [2.05, 4.69) is 6.58 Å². The second-order valence-electron chi connectivity index (χ2n) is 4.88. The smallest absolute Gasteiger partial charge is 0.0855 e. The van der Waals surface area contributed by atoms with Crippen LogP contribution in [0.15, 0.2) is 12.7 Å². The third kappa shape index (κ3) is 1.41. The van der Waals surface area contributed by atoms with Gasteiger partial charge < -0.3 is 10.2 Å². The molecule has 2 aliphatic carbocycles. The van der Waals surface area contributed by atoms with Crippen LogP contribution in [0.5, 0.6) is 0 Å². The average Bonchev–Trinajstić information content (AvgIpc) is 2.58. The van der Waals surface area contributed by atoms with Crippen molar-refractivity contribution >= 4 is 0 Å². The maximum atomic E-state index is 10.3. The zero-order valence-electron chi connectivity index (χ0n) is 8.65. The van der Waals surface area contributed by atoms with E-state index < -0.39 is 5.60 Å². The molecule has 2 N–H and O–H groups in total. The van der Waals surface area contributed by atoms with E-state index in [0.717, 1.165) is 32.1 Å². The van der Waals surface area contributed by atoms with Crippen molar-refractivity contribution < 1.29 is 10.2 Å². The van der Waals surface area contributed by atoms with Gasteiger partial charge in [0.15, 0.2) is 0 Å². The van der Waals surface area contributed by atoms with Crippen molar-refractivity contribution in [3.8, 4) is 0 Å². The molecule has 0 unspecified atom stereocenters. The maximum absolute atomic E-state index is 10.3. The number of hydrogen-bond acceptors (Lipinski definition) is 2. The summed E-state index contributed by atoms with van der Waals surface area (Å²) in [7, 11) is 0. The predicted octanol–water partition coefficient (Wildman–Crippen LogP) is 1.72. The molecule has 0 radical (unpaired) electrons. The molecule has 2 rings (SSSR count). The first-order valence-corrected chi connectivity index (χ1v) is 5.68. The Balaban J connectivity index is 2.16. The van der Waals surface area contributed by atoms with Crippen LogP contribution in [0.25, 0.3) is 0 Å². The lowest BCUT2D eigenvalue weighted by molar-refractivity contribution is 0.00150. The van der Waals surface area contributed by atoms with E-state index in [-0.39, 0.29) is 6.61 Å². The highest BCUT2D eigenvalue weighted by Crippen LogP contribution is 2.50. The van der Waals surface area contributed by atoms with E-state index in [9.17, 15) is 10.2 Å². The topological polar surface area (TPSA) is 40.5 Å². The van der Waals surface area contributed by atoms with Crippen molar-refractivity contribution in [2.24, 2.45) is 17.8 Å². The van der Waals surface area contributed by atoms with Crippen molar-refractivity contribution in [3.63, 3.8) is 0 Å². The summed E-state index contributed by atoms with van der Waals surface area (Å²) in [6.45, 7) is 4.03. The first-order valence-electron chi connectivity index (χ1n) is 5.68. The second kappa shape index (κ2) is 3.67. The summed E-state index contributed by atoms with van der Waals surface area (Å²) < 4.78 is 0. The van der Waals surface area contributed by atoms with Crippen LogP contribution in [0.3, 0.4) is 0 Å². The molecule has 0 amide bonds. The Morgan fingerprint density at radius 1 is 1.36 bits per heavy atom. The zero-order chi connectivity index (χ0) is 10.2. The number of rotatable bonds is 2. The van der Waals surface area contributed by atoms with Crippen molar-refractivity contribution in [3.05, 3.63) is 12.7 Å². The molecule has 2 heteroatoms. The Bertz CT molecular complexity index is 226. The number of aliphatic hydroxyl groups excluding tert-OH is 1. The molecule has 4 atom stereocenters. The van der Waals surface area contributed by atoms with Crippen LogP contribution in [-0.2, 0) is 0 Å². The van der Waals surface area contributed by atoms with Gasteiger partial charge in [-0.25, -0.2) is 0 Å². The molecule has 14 heavy (non-hydrogen) atoms. The van der Waals surface area contributed by atoms with Crippen LogP contribution in [0.2, 0.25) is 0 Å². The molecule has 2 fully saturated rings. The van der Waals surface area contributed by atoms with Gasteiger partial charge in [0.1, 0.15) is 0 Å². The Kier molecular flexibility index (Phi) is 2.67. The van der Waals surface area contributed by atoms with Crippen molar-refractivity contribution in [1.29, 1.82) is 0 Å². The van der Waals surface area contributed by atoms with Crippen LogP contribution in [0.1, 0.15) is 32.1 Å². The molecule has 0 spiro atoms. The van der Waals surface area contributed by atoms with Crippen LogP contribution in [-0.4, -0.2) is 22.4 Å². The van der Waals surface area contributed by atoms with Crippen LogP contribution >= 0.6 is 0 Å². The molecule has 0 heterocycles. The molecule has 0 aromatic carbocycles. The summed E-state index contributed by atoms with van der Waals surface area (Å²) in [6, 6.07) is 0. The van der Waals surface area contributed by atoms with Crippen molar-refractivity contribution in [1.82, 2.24) is 0 Å². The Hall–Kier alpha value is -0.340. The first-order chi connectivity index (χ1) is 6.71. The van der Waals surface area contributed by atoms with E-state index in [4.69, 9.17) is 0 Å². The van der Waals surface area contributed by atoms with E-state index in [1.54, 1.807) is 6.08 Å². The molecule has 0 aromatic heterocycles. The summed E-state index contributed by atoms with van der Waals surface area (Å²) in [6.07, 6.45) is 6.98. The fraction of sp³-hybridized carbons (Fsp3) is 0.833. The molecule has 80 valence electrons. The summed E-state index contributed by atoms with van der Waals surface area (Å²) in [5, 5.41) is 19.6. The molecule has 2 nitrogen and oxygen atoms in total. The lowest BCUT2D eigenvalue weighted by atomic mass is 9.70. The van der Waals surface area contributed by atoms with E-state index in [1.807, 2.05) is 0 Å². The number of fused-ring (bicyclic) bond motifs is 1. The van der Waals surface area contributed by atoms with Gasteiger partial charge in [0.25, 0.3) is 0 Å². The molecular formula is C12H20O2. The molecule has 2 saturated carbocycles. The van der Waals surface area contributed by atoms with Gasteiger partial charge in [-0.05, 0) is 43.4 Å². The van der Waals surface area contributed by atoms with Gasteiger partial charge in [-0.15, -0.1) is 6.58 Å². The summed E-state index contributed by atoms with van der Waals surface area (Å²) in [5.74, 6) is 1.30. The molecular weight excluding hydrogens is 176 g/mol. The van der Waals surface area contributed by atoms with Crippen molar-refractivity contribution in [2.45, 2.75) is 37.7 Å². The minimum atomic E-state index is -0.640. The highest BCUT2D eigenvalue weighted by atomic mass is 16.3. The fourth-order valence-electron chi connectivity index (χ4n) is 3.48. The van der Waals surface area contributed by atoms with Crippen LogP contribution in [0.4, 0.5) is 0 Å². The summed E-state index contributed by atoms with van der Waals surface area (Å²) >= 11 is 0. The summed E-state index contributed by atoms with van der Waals surface area (Å²) in [4.78, 5) is 0. The highest BCUT2D eigenvalue weighted by molar-refractivity contribution is 5.09. The largest absolute Gasteiger partial charge is 0.396 e. The second-order valence-corrected chi connectivity index (χ2v) is 4.88. The highest BCUT2D eigenvalue weighted by Gasteiger charge is 2.48. The minimum Gasteiger partial charge on any atom is -0.396 e. The minimum absolute atomic E-state index is 0.286. The van der Waals surface area contributed by atoms with Gasteiger partial charge in [-0.2, -0.15) is 0 Å². The van der Waals surface area contributed by atoms with Gasteiger partial charge in [-0.1, -0.05) is 12.5 Å². The summed E-state index contributed by atoms with van der Waals surface area (Å²) in [5.41, 5.74) is -0.640. The Labute approximate surface area is 85.6 Å². The third-order valence-corrected chi connectivity index (χ3v) is 4.32. The quantitative estimate of drug-likeness (QED) is 0.660. The van der Waals surface area contributed by atoms with Crippen LogP contribution < -0.4 is 0 Å². The van der Waals surface area contributed by atoms with Gasteiger partial charge in [-0.3, -0.25) is 0 Å². The van der Waals surface area contributed by atoms with Crippen LogP contribution in [0, 0.1) is 17.8 Å². The monoisotopic (exact) mass is 196 g/mol. The normalized spacial score (nSPS) is 47.4. The van der Waals surface area contributed by atoms with Gasteiger partial charge in [0, 0.05) is 6.61 Å². The molecule has 0 saturated heterocycles. The molecule has 0 bridgehead atoms. The zero-order valence-corrected chi connectivity index (χ0v) is 8.65. The van der Waals surface area contributed by atoms with Crippen molar-refractivity contribution in [2.75, 3.05) is 6.61 Å². The number of hydrogen-bond donors (Lipinski definition) is 2. The van der Waals surface area contributed by atoms with E-state index in [1.165, 1.54) is 0 Å². The molecule has 2 aliphatic rings. The maximum Gasteiger partial charge on any atom is 0.0855 e.